The number of hydrogen-bond donors (Lipinski definition) is 2. The summed E-state index contributed by atoms with van der Waals surface area (Å²) in [4.78, 5) is 10.8. The highest BCUT2D eigenvalue weighted by molar-refractivity contribution is 5.96. The number of rotatable bonds is 4. The molecule has 0 aromatic heterocycles. The van der Waals surface area contributed by atoms with Crippen LogP contribution in [0.4, 0.5) is 27.6 Å². The molecule has 0 unspecified atom stereocenters. The van der Waals surface area contributed by atoms with Gasteiger partial charge in [-0.2, -0.15) is 8.78 Å². The van der Waals surface area contributed by atoms with E-state index in [0.717, 1.165) is 12.1 Å². The van der Waals surface area contributed by atoms with E-state index in [1.807, 2.05) is 0 Å². The van der Waals surface area contributed by atoms with Gasteiger partial charge in [-0.25, -0.2) is 13.2 Å². The summed E-state index contributed by atoms with van der Waals surface area (Å²) >= 11 is 0. The molecule has 1 rings (SSSR count). The maximum atomic E-state index is 13.3. The Bertz CT molecular complexity index is 450. The molecule has 0 saturated carbocycles. The van der Waals surface area contributed by atoms with Gasteiger partial charge in [0.2, 0.25) is 0 Å². The minimum absolute atomic E-state index is 0.0122. The van der Waals surface area contributed by atoms with Gasteiger partial charge in [0, 0.05) is 6.54 Å². The molecule has 3 nitrogen and oxygen atoms in total. The number of nitrogens with two attached hydrogens (primary N) is 1. The maximum absolute atomic E-state index is 13.3. The molecule has 0 aliphatic heterocycles. The van der Waals surface area contributed by atoms with Crippen LogP contribution in [0.2, 0.25) is 0 Å². The smallest absolute Gasteiger partial charge is 0.326 e. The van der Waals surface area contributed by atoms with Gasteiger partial charge in [0.1, 0.15) is 5.82 Å². The second-order valence-corrected chi connectivity index (χ2v) is 3.40. The van der Waals surface area contributed by atoms with Crippen molar-refractivity contribution in [2.75, 3.05) is 5.32 Å². The molecule has 100 valence electrons. The molecule has 0 fully saturated rings. The standard InChI is InChI=1S/C10H9F5N2O/c11-6-3-5(4-16)1-2-7(6)17-9(18)10(14,15)8(12)13/h1-3,8H,4,16H2,(H,17,18). The van der Waals surface area contributed by atoms with Crippen LogP contribution in [-0.4, -0.2) is 18.3 Å². The molecule has 0 spiro atoms. The summed E-state index contributed by atoms with van der Waals surface area (Å²) in [7, 11) is 0. The molecule has 0 aliphatic carbocycles. The number of carbonyl (C=O) groups excluding carboxylic acids is 1. The Morgan fingerprint density at radius 1 is 1.39 bits per heavy atom. The lowest BCUT2D eigenvalue weighted by molar-refractivity contribution is -0.163. The quantitative estimate of drug-likeness (QED) is 0.822. The third-order valence-electron chi connectivity index (χ3n) is 2.09. The Morgan fingerprint density at radius 2 is 2.00 bits per heavy atom. The van der Waals surface area contributed by atoms with Crippen molar-refractivity contribution < 1.29 is 26.7 Å². The number of hydrogen-bond acceptors (Lipinski definition) is 2. The Kier molecular flexibility index (Phi) is 4.23. The van der Waals surface area contributed by atoms with E-state index in [2.05, 4.69) is 0 Å². The number of alkyl halides is 4. The van der Waals surface area contributed by atoms with E-state index in [0.29, 0.717) is 5.56 Å². The second kappa shape index (κ2) is 5.30. The summed E-state index contributed by atoms with van der Waals surface area (Å²) in [6, 6.07) is 3.16. The summed E-state index contributed by atoms with van der Waals surface area (Å²) in [5.41, 5.74) is 4.96. The number of carbonyl (C=O) groups is 1. The Labute approximate surface area is 98.8 Å². The van der Waals surface area contributed by atoms with Crippen LogP contribution in [0.25, 0.3) is 0 Å². The molecule has 0 heterocycles. The summed E-state index contributed by atoms with van der Waals surface area (Å²) < 4.78 is 62.2. The lowest BCUT2D eigenvalue weighted by Gasteiger charge is -2.15. The van der Waals surface area contributed by atoms with E-state index in [4.69, 9.17) is 5.73 Å². The van der Waals surface area contributed by atoms with Crippen molar-refractivity contribution >= 4 is 11.6 Å². The zero-order valence-corrected chi connectivity index (χ0v) is 8.89. The van der Waals surface area contributed by atoms with Gasteiger partial charge in [0.25, 0.3) is 0 Å². The SMILES string of the molecule is NCc1ccc(NC(=O)C(F)(F)C(F)F)c(F)c1. The largest absolute Gasteiger partial charge is 0.383 e. The molecule has 1 amide bonds. The number of nitrogens with one attached hydrogen (secondary N) is 1. The first-order chi connectivity index (χ1) is 8.28. The fourth-order valence-corrected chi connectivity index (χ4v) is 1.09. The normalized spacial score (nSPS) is 11.7. The van der Waals surface area contributed by atoms with Crippen LogP contribution in [-0.2, 0) is 11.3 Å². The van der Waals surface area contributed by atoms with E-state index < -0.39 is 29.8 Å². The molecule has 1 aromatic carbocycles. The van der Waals surface area contributed by atoms with Crippen molar-refractivity contribution in [1.82, 2.24) is 0 Å². The number of halogens is 5. The first kappa shape index (κ1) is 14.4. The predicted octanol–water partition coefficient (Wildman–Crippen LogP) is 2.12. The van der Waals surface area contributed by atoms with Gasteiger partial charge in [-0.05, 0) is 17.7 Å². The molecule has 0 bridgehead atoms. The Balaban J connectivity index is 2.89. The van der Waals surface area contributed by atoms with E-state index in [9.17, 15) is 26.7 Å². The van der Waals surface area contributed by atoms with Gasteiger partial charge < -0.3 is 11.1 Å². The fourth-order valence-electron chi connectivity index (χ4n) is 1.09. The predicted molar refractivity (Wildman–Crippen MR) is 53.9 cm³/mol. The van der Waals surface area contributed by atoms with Crippen molar-refractivity contribution in [3.63, 3.8) is 0 Å². The van der Waals surface area contributed by atoms with E-state index in [1.54, 1.807) is 0 Å². The molecule has 0 atom stereocenters. The van der Waals surface area contributed by atoms with Gasteiger partial charge in [-0.3, -0.25) is 4.79 Å². The van der Waals surface area contributed by atoms with E-state index in [1.165, 1.54) is 11.4 Å². The topological polar surface area (TPSA) is 55.1 Å². The van der Waals surface area contributed by atoms with Crippen LogP contribution in [0.3, 0.4) is 0 Å². The third kappa shape index (κ3) is 2.95. The average molecular weight is 268 g/mol. The third-order valence-corrected chi connectivity index (χ3v) is 2.09. The van der Waals surface area contributed by atoms with Gasteiger partial charge in [0.15, 0.2) is 0 Å². The molecular formula is C10H9F5N2O. The van der Waals surface area contributed by atoms with Crippen LogP contribution in [0, 0.1) is 5.82 Å². The second-order valence-electron chi connectivity index (χ2n) is 3.40. The lowest BCUT2D eigenvalue weighted by atomic mass is 10.2. The van der Waals surface area contributed by atoms with Gasteiger partial charge >= 0.3 is 18.3 Å². The van der Waals surface area contributed by atoms with Gasteiger partial charge in [0.05, 0.1) is 5.69 Å². The summed E-state index contributed by atoms with van der Waals surface area (Å²) in [5, 5.41) is 1.40. The molecule has 0 saturated heterocycles. The highest BCUT2D eigenvalue weighted by Gasteiger charge is 2.49. The highest BCUT2D eigenvalue weighted by atomic mass is 19.3. The number of anilines is 1. The first-order valence-electron chi connectivity index (χ1n) is 4.75. The molecular weight excluding hydrogens is 259 g/mol. The first-order valence-corrected chi connectivity index (χ1v) is 4.75. The van der Waals surface area contributed by atoms with Gasteiger partial charge in [-0.1, -0.05) is 6.07 Å². The van der Waals surface area contributed by atoms with E-state index in [-0.39, 0.29) is 6.54 Å². The van der Waals surface area contributed by atoms with Crippen molar-refractivity contribution in [2.24, 2.45) is 5.73 Å². The fraction of sp³-hybridized carbons (Fsp3) is 0.300. The number of benzene rings is 1. The van der Waals surface area contributed by atoms with E-state index >= 15 is 0 Å². The zero-order valence-electron chi connectivity index (χ0n) is 8.89. The van der Waals surface area contributed by atoms with Crippen molar-refractivity contribution in [2.45, 2.75) is 18.9 Å². The summed E-state index contributed by atoms with van der Waals surface area (Å²) in [6.45, 7) is 0.0122. The summed E-state index contributed by atoms with van der Waals surface area (Å²) in [5.74, 6) is -8.17. The molecule has 18 heavy (non-hydrogen) atoms. The molecule has 3 N–H and O–H groups in total. The van der Waals surface area contributed by atoms with Crippen LogP contribution in [0.5, 0.6) is 0 Å². The minimum Gasteiger partial charge on any atom is -0.326 e. The summed E-state index contributed by atoms with van der Waals surface area (Å²) in [6.07, 6.45) is -4.16. The molecule has 0 aliphatic rings. The van der Waals surface area contributed by atoms with Crippen LogP contribution in [0.15, 0.2) is 18.2 Å². The van der Waals surface area contributed by atoms with Crippen LogP contribution in [0.1, 0.15) is 5.56 Å². The zero-order chi connectivity index (χ0) is 13.9. The Hall–Kier alpha value is -1.70. The maximum Gasteiger partial charge on any atom is 0.383 e. The van der Waals surface area contributed by atoms with Crippen molar-refractivity contribution in [3.8, 4) is 0 Å². The van der Waals surface area contributed by atoms with Crippen LogP contribution >= 0.6 is 0 Å². The molecule has 8 heteroatoms. The minimum atomic E-state index is -4.88. The monoisotopic (exact) mass is 268 g/mol. The lowest BCUT2D eigenvalue weighted by Crippen LogP contribution is -2.41. The Morgan fingerprint density at radius 3 is 2.44 bits per heavy atom. The van der Waals surface area contributed by atoms with Crippen molar-refractivity contribution in [1.29, 1.82) is 0 Å². The molecule has 1 aromatic rings. The highest BCUT2D eigenvalue weighted by Crippen LogP contribution is 2.25. The van der Waals surface area contributed by atoms with Crippen molar-refractivity contribution in [3.05, 3.63) is 29.6 Å². The average Bonchev–Trinajstić information content (AvgIpc) is 2.31. The number of amides is 1. The molecule has 0 radical (unpaired) electrons. The van der Waals surface area contributed by atoms with Gasteiger partial charge in [-0.15, -0.1) is 0 Å². The van der Waals surface area contributed by atoms with Crippen LogP contribution < -0.4 is 11.1 Å².